The number of nitriles is 2. The lowest BCUT2D eigenvalue weighted by molar-refractivity contribution is -0.170. The molecule has 5 rings (SSSR count). The van der Waals surface area contributed by atoms with E-state index in [9.17, 15) is 28.0 Å². The van der Waals surface area contributed by atoms with Gasteiger partial charge < -0.3 is 15.1 Å². The minimum atomic E-state index is -5.09. The van der Waals surface area contributed by atoms with Gasteiger partial charge in [-0.2, -0.15) is 23.7 Å². The molecule has 0 bridgehead atoms. The molecule has 9 nitrogen and oxygen atoms in total. The molecule has 0 saturated carbocycles. The third-order valence-corrected chi connectivity index (χ3v) is 9.65. The number of amides is 2. The molecule has 0 unspecified atom stereocenters. The molecule has 0 radical (unpaired) electrons. The first-order valence-electron chi connectivity index (χ1n) is 14.5. The summed E-state index contributed by atoms with van der Waals surface area (Å²) in [5.41, 5.74) is 3.19. The molecule has 2 amide bonds. The van der Waals surface area contributed by atoms with Gasteiger partial charge in [-0.15, -0.1) is 0 Å². The lowest BCUT2D eigenvalue weighted by Crippen LogP contribution is -2.41. The van der Waals surface area contributed by atoms with Gasteiger partial charge in [0.25, 0.3) is 5.91 Å². The summed E-state index contributed by atoms with van der Waals surface area (Å²) in [4.78, 5) is 36.2. The van der Waals surface area contributed by atoms with E-state index in [4.69, 9.17) is 10.3 Å². The molecular formula is C33H28F3N7O2S2. The van der Waals surface area contributed by atoms with E-state index in [1.807, 2.05) is 43.3 Å². The fourth-order valence-corrected chi connectivity index (χ4v) is 7.36. The summed E-state index contributed by atoms with van der Waals surface area (Å²) < 4.78 is 40.4. The van der Waals surface area contributed by atoms with Crippen LogP contribution in [0.4, 0.5) is 35.9 Å². The van der Waals surface area contributed by atoms with Gasteiger partial charge in [-0.3, -0.25) is 14.5 Å². The molecule has 0 atom stereocenters. The number of fused-ring (bicyclic) bond motifs is 1. The van der Waals surface area contributed by atoms with Gasteiger partial charge in [-0.25, -0.2) is 4.99 Å². The monoisotopic (exact) mass is 675 g/mol. The Morgan fingerprint density at radius 2 is 1.83 bits per heavy atom. The number of alkyl halides is 3. The van der Waals surface area contributed by atoms with Crippen LogP contribution in [-0.4, -0.2) is 48.2 Å². The molecule has 14 heteroatoms. The number of unbranched alkanes of at least 4 members (excludes halogenated alkanes) is 1. The van der Waals surface area contributed by atoms with Crippen LogP contribution in [0.1, 0.15) is 30.9 Å². The van der Waals surface area contributed by atoms with Gasteiger partial charge in [0.2, 0.25) is 0 Å². The van der Waals surface area contributed by atoms with Gasteiger partial charge in [-0.05, 0) is 67.1 Å². The lowest BCUT2D eigenvalue weighted by Gasteiger charge is -2.24. The number of thioether (sulfide) groups is 2. The van der Waals surface area contributed by atoms with Crippen LogP contribution in [0.5, 0.6) is 0 Å². The van der Waals surface area contributed by atoms with Gasteiger partial charge >= 0.3 is 12.1 Å². The molecule has 3 aromatic rings. The fourth-order valence-electron chi connectivity index (χ4n) is 4.99. The second-order valence-corrected chi connectivity index (χ2v) is 12.4. The van der Waals surface area contributed by atoms with E-state index in [2.05, 4.69) is 11.4 Å². The van der Waals surface area contributed by atoms with Gasteiger partial charge in [-0.1, -0.05) is 42.1 Å². The number of halogens is 3. The zero-order valence-electron chi connectivity index (χ0n) is 25.3. The highest BCUT2D eigenvalue weighted by atomic mass is 32.2. The molecule has 1 N–H and O–H groups in total. The van der Waals surface area contributed by atoms with Crippen LogP contribution in [0.25, 0.3) is 0 Å². The van der Waals surface area contributed by atoms with Crippen molar-refractivity contribution in [1.82, 2.24) is 4.90 Å². The van der Waals surface area contributed by atoms with E-state index < -0.39 is 12.1 Å². The van der Waals surface area contributed by atoms with Crippen LogP contribution in [0.2, 0.25) is 0 Å². The number of carbonyl (C=O) groups excluding carboxylic acids is 2. The summed E-state index contributed by atoms with van der Waals surface area (Å²) in [7, 11) is 1.76. The number of carbonyl (C=O) groups is 2. The zero-order valence-corrected chi connectivity index (χ0v) is 27.0. The molecule has 0 aromatic heterocycles. The Labute approximate surface area is 278 Å². The second-order valence-electron chi connectivity index (χ2n) is 10.4. The second kappa shape index (κ2) is 14.2. The highest BCUT2D eigenvalue weighted by Crippen LogP contribution is 2.51. The maximum atomic E-state index is 14.1. The third kappa shape index (κ3) is 7.24. The van der Waals surface area contributed by atoms with Crippen LogP contribution >= 0.6 is 23.5 Å². The number of rotatable bonds is 9. The summed E-state index contributed by atoms with van der Waals surface area (Å²) in [6, 6.07) is 23.1. The highest BCUT2D eigenvalue weighted by molar-refractivity contribution is 8.19. The first-order chi connectivity index (χ1) is 22.5. The van der Waals surface area contributed by atoms with Gasteiger partial charge in [0.1, 0.15) is 4.91 Å². The average Bonchev–Trinajstić information content (AvgIpc) is 3.54. The summed E-state index contributed by atoms with van der Waals surface area (Å²) in [6.07, 6.45) is -5.01. The SMILES string of the molecule is CCNc1ccc(C#N)cc1N=C1S/C(=C2/Sc3cc(N(CCCC#N)C(=O)C(F)(F)F)ccc3N2C)C(=O)N1Cc1ccccc1. The smallest absolute Gasteiger partial charge is 0.384 e. The van der Waals surface area contributed by atoms with Crippen LogP contribution in [-0.2, 0) is 16.1 Å². The number of hydrogen-bond acceptors (Lipinski definition) is 9. The van der Waals surface area contributed by atoms with E-state index in [1.165, 1.54) is 35.7 Å². The quantitative estimate of drug-likeness (QED) is 0.185. The normalized spacial score (nSPS) is 16.7. The van der Waals surface area contributed by atoms with Crippen molar-refractivity contribution in [1.29, 1.82) is 10.5 Å². The Bertz CT molecular complexity index is 1850. The molecule has 47 heavy (non-hydrogen) atoms. The number of hydrogen-bond donors (Lipinski definition) is 1. The molecule has 2 heterocycles. The molecular weight excluding hydrogens is 648 g/mol. The van der Waals surface area contributed by atoms with Crippen LogP contribution in [0.3, 0.4) is 0 Å². The van der Waals surface area contributed by atoms with E-state index in [1.54, 1.807) is 41.1 Å². The molecule has 0 aliphatic carbocycles. The van der Waals surface area contributed by atoms with Crippen molar-refractivity contribution >= 4 is 63.3 Å². The molecule has 240 valence electrons. The standard InChI is InChI=1S/C33H28F3N7O2S2/c1-3-39-24-13-11-22(19-38)17-25(24)40-32-43(20-21-9-5-4-6-10-21)29(44)28(47-32)30-41(2)26-14-12-23(18-27(26)46-30)42(16-8-7-15-37)31(45)33(34,35)36/h4-6,9-14,17-18,39H,3,7-8,16,20H2,1-2H3/b30-28+,40-32?. The number of nitrogens with zero attached hydrogens (tertiary/aromatic N) is 6. The Morgan fingerprint density at radius 3 is 2.51 bits per heavy atom. The highest BCUT2D eigenvalue weighted by Gasteiger charge is 2.44. The fraction of sp³-hybridized carbons (Fsp3) is 0.242. The molecule has 2 aliphatic heterocycles. The molecule has 2 aliphatic rings. The number of nitrogens with one attached hydrogen (secondary N) is 1. The van der Waals surface area contributed by atoms with Crippen molar-refractivity contribution in [3.8, 4) is 12.1 Å². The number of amidine groups is 1. The predicted molar refractivity (Wildman–Crippen MR) is 178 cm³/mol. The summed E-state index contributed by atoms with van der Waals surface area (Å²) in [5.74, 6) is -2.31. The van der Waals surface area contributed by atoms with E-state index in [0.29, 0.717) is 54.1 Å². The predicted octanol–water partition coefficient (Wildman–Crippen LogP) is 7.36. The van der Waals surface area contributed by atoms with Gasteiger partial charge in [0, 0.05) is 37.1 Å². The Balaban J connectivity index is 1.54. The first-order valence-corrected chi connectivity index (χ1v) is 16.1. The Kier molecular flexibility index (Phi) is 10.1. The number of benzene rings is 3. The van der Waals surface area contributed by atoms with E-state index in [-0.39, 0.29) is 37.5 Å². The van der Waals surface area contributed by atoms with Gasteiger partial charge in [0.05, 0.1) is 46.3 Å². The third-order valence-electron chi connectivity index (χ3n) is 7.24. The molecule has 1 fully saturated rings. The van der Waals surface area contributed by atoms with E-state index in [0.717, 1.165) is 5.56 Å². The largest absolute Gasteiger partial charge is 0.471 e. The molecule has 0 spiro atoms. The van der Waals surface area contributed by atoms with Crippen LogP contribution < -0.4 is 15.1 Å². The van der Waals surface area contributed by atoms with Crippen molar-refractivity contribution in [3.05, 3.63) is 87.8 Å². The van der Waals surface area contributed by atoms with E-state index >= 15 is 0 Å². The summed E-state index contributed by atoms with van der Waals surface area (Å²) in [6.45, 7) is 2.52. The van der Waals surface area contributed by atoms with Crippen molar-refractivity contribution in [2.45, 2.75) is 37.4 Å². The number of anilines is 3. The zero-order chi connectivity index (χ0) is 33.7. The van der Waals surface area contributed by atoms with Crippen LogP contribution in [0, 0.1) is 22.7 Å². The van der Waals surface area contributed by atoms with Crippen molar-refractivity contribution in [2.75, 3.05) is 35.3 Å². The maximum absolute atomic E-state index is 14.1. The number of aliphatic imine (C=N–C) groups is 1. The molecule has 1 saturated heterocycles. The van der Waals surface area contributed by atoms with Crippen LogP contribution in [0.15, 0.2) is 86.6 Å². The minimum absolute atomic E-state index is 0.000178. The van der Waals surface area contributed by atoms with Crippen molar-refractivity contribution in [2.24, 2.45) is 4.99 Å². The average molecular weight is 676 g/mol. The summed E-state index contributed by atoms with van der Waals surface area (Å²) in [5, 5.41) is 22.6. The van der Waals surface area contributed by atoms with Gasteiger partial charge in [0.15, 0.2) is 5.17 Å². The topological polar surface area (TPSA) is 116 Å². The summed E-state index contributed by atoms with van der Waals surface area (Å²) >= 11 is 2.39. The first kappa shape index (κ1) is 33.4. The lowest BCUT2D eigenvalue weighted by atomic mass is 10.2. The Hall–Kier alpha value is -4.92. The van der Waals surface area contributed by atoms with Crippen molar-refractivity contribution in [3.63, 3.8) is 0 Å². The Morgan fingerprint density at radius 1 is 1.06 bits per heavy atom. The minimum Gasteiger partial charge on any atom is -0.384 e. The molecule has 3 aromatic carbocycles. The van der Waals surface area contributed by atoms with Crippen molar-refractivity contribution < 1.29 is 22.8 Å². The maximum Gasteiger partial charge on any atom is 0.471 e.